The van der Waals surface area contributed by atoms with Gasteiger partial charge in [-0.15, -0.1) is 0 Å². The van der Waals surface area contributed by atoms with E-state index < -0.39 is 42.1 Å². The van der Waals surface area contributed by atoms with Crippen molar-refractivity contribution in [3.63, 3.8) is 0 Å². The van der Waals surface area contributed by atoms with Gasteiger partial charge in [-0.25, -0.2) is 4.79 Å². The van der Waals surface area contributed by atoms with Crippen LogP contribution in [0.3, 0.4) is 0 Å². The fraction of sp³-hybridized carbons (Fsp3) is 0.800. The fourth-order valence-corrected chi connectivity index (χ4v) is 1.01. The van der Waals surface area contributed by atoms with E-state index in [2.05, 4.69) is 0 Å². The highest BCUT2D eigenvalue weighted by atomic mass is 16.4. The number of aliphatic hydroxyl groups is 3. The minimum atomic E-state index is -1.85. The molecular weight excluding hydrogens is 230 g/mol. The molecule has 0 aromatic heterocycles. The molecule has 0 rings (SSSR count). The third-order valence-electron chi connectivity index (χ3n) is 2.71. The molecule has 0 radical (unpaired) electrons. The van der Waals surface area contributed by atoms with E-state index in [9.17, 15) is 19.8 Å². The Bertz CT molecular complexity index is 293. The standard InChI is InChI=1S/C10H19NO6/c1-5(6(2)13)7(14)8(15)11-10(3,4-12)9(16)17/h5-7,12-14H,4H2,1-3H3,(H,11,15)(H,16,17)/t5-,6+,7+,10?/m0/s1. The molecule has 0 aliphatic carbocycles. The second-order valence-corrected chi connectivity index (χ2v) is 4.33. The van der Waals surface area contributed by atoms with Crippen LogP contribution in [0.1, 0.15) is 20.8 Å². The number of aliphatic carboxylic acids is 1. The molecular formula is C10H19NO6. The summed E-state index contributed by atoms with van der Waals surface area (Å²) in [6, 6.07) is 0. The molecule has 0 saturated carbocycles. The number of carboxylic acid groups (broad SMARTS) is 1. The second-order valence-electron chi connectivity index (χ2n) is 4.33. The van der Waals surface area contributed by atoms with Crippen molar-refractivity contribution in [2.24, 2.45) is 5.92 Å². The van der Waals surface area contributed by atoms with E-state index in [0.29, 0.717) is 0 Å². The Kier molecular flexibility index (Phi) is 5.53. The number of rotatable bonds is 6. The summed E-state index contributed by atoms with van der Waals surface area (Å²) in [6.07, 6.45) is -2.46. The molecule has 100 valence electrons. The van der Waals surface area contributed by atoms with E-state index in [1.54, 1.807) is 0 Å². The van der Waals surface area contributed by atoms with E-state index in [-0.39, 0.29) is 0 Å². The zero-order valence-corrected chi connectivity index (χ0v) is 10.0. The maximum Gasteiger partial charge on any atom is 0.331 e. The Morgan fingerprint density at radius 2 is 1.76 bits per heavy atom. The molecule has 0 heterocycles. The number of hydrogen-bond donors (Lipinski definition) is 5. The fourth-order valence-electron chi connectivity index (χ4n) is 1.01. The minimum absolute atomic E-state index is 0.744. The molecule has 0 aromatic rings. The average Bonchev–Trinajstić information content (AvgIpc) is 2.26. The predicted octanol–water partition coefficient (Wildman–Crippen LogP) is -1.68. The van der Waals surface area contributed by atoms with E-state index in [0.717, 1.165) is 6.92 Å². The lowest BCUT2D eigenvalue weighted by Crippen LogP contribution is -2.58. The first-order chi connectivity index (χ1) is 7.65. The lowest BCUT2D eigenvalue weighted by atomic mass is 9.96. The zero-order valence-electron chi connectivity index (χ0n) is 10.0. The van der Waals surface area contributed by atoms with Gasteiger partial charge in [0.05, 0.1) is 12.7 Å². The van der Waals surface area contributed by atoms with Crippen LogP contribution in [0.25, 0.3) is 0 Å². The molecule has 0 fully saturated rings. The lowest BCUT2D eigenvalue weighted by molar-refractivity contribution is -0.151. The number of aliphatic hydroxyl groups excluding tert-OH is 3. The zero-order chi connectivity index (χ0) is 13.8. The molecule has 4 atom stereocenters. The van der Waals surface area contributed by atoms with Gasteiger partial charge in [0, 0.05) is 5.92 Å². The molecule has 0 spiro atoms. The van der Waals surface area contributed by atoms with Crippen LogP contribution in [0, 0.1) is 5.92 Å². The third-order valence-corrected chi connectivity index (χ3v) is 2.71. The summed E-state index contributed by atoms with van der Waals surface area (Å²) in [5.41, 5.74) is -1.85. The van der Waals surface area contributed by atoms with Crippen LogP contribution in [-0.2, 0) is 9.59 Å². The summed E-state index contributed by atoms with van der Waals surface area (Å²) in [4.78, 5) is 22.3. The van der Waals surface area contributed by atoms with Crippen LogP contribution in [0.4, 0.5) is 0 Å². The maximum atomic E-state index is 11.5. The lowest BCUT2D eigenvalue weighted by Gasteiger charge is -2.27. The monoisotopic (exact) mass is 249 g/mol. The Morgan fingerprint density at radius 3 is 2.06 bits per heavy atom. The summed E-state index contributed by atoms with van der Waals surface area (Å²) in [5.74, 6) is -3.10. The first-order valence-corrected chi connectivity index (χ1v) is 5.18. The number of nitrogens with one attached hydrogen (secondary N) is 1. The highest BCUT2D eigenvalue weighted by Gasteiger charge is 2.37. The molecule has 0 aromatic carbocycles. The van der Waals surface area contributed by atoms with Crippen LogP contribution < -0.4 is 5.32 Å². The molecule has 0 bridgehead atoms. The van der Waals surface area contributed by atoms with Gasteiger partial charge < -0.3 is 25.7 Å². The van der Waals surface area contributed by atoms with Gasteiger partial charge in [0.2, 0.25) is 5.91 Å². The Hall–Kier alpha value is -1.18. The molecule has 0 saturated heterocycles. The van der Waals surface area contributed by atoms with Gasteiger partial charge >= 0.3 is 5.97 Å². The van der Waals surface area contributed by atoms with E-state index in [1.807, 2.05) is 5.32 Å². The number of hydrogen-bond acceptors (Lipinski definition) is 5. The Morgan fingerprint density at radius 1 is 1.29 bits per heavy atom. The molecule has 1 amide bonds. The van der Waals surface area contributed by atoms with Crippen molar-refractivity contribution < 1.29 is 30.0 Å². The summed E-state index contributed by atoms with van der Waals surface area (Å²) >= 11 is 0. The van der Waals surface area contributed by atoms with Gasteiger partial charge in [0.1, 0.15) is 6.10 Å². The van der Waals surface area contributed by atoms with Gasteiger partial charge in [-0.05, 0) is 13.8 Å². The SMILES string of the molecule is C[C@@H]([C@@H](C)O)[C@@H](O)C(=O)NC(C)(CO)C(=O)O. The van der Waals surface area contributed by atoms with Crippen molar-refractivity contribution in [2.75, 3.05) is 6.61 Å². The number of amides is 1. The Labute approximate surface area is 99.1 Å². The largest absolute Gasteiger partial charge is 0.479 e. The van der Waals surface area contributed by atoms with Crippen molar-refractivity contribution in [2.45, 2.75) is 38.5 Å². The van der Waals surface area contributed by atoms with Crippen LogP contribution in [0.15, 0.2) is 0 Å². The van der Waals surface area contributed by atoms with Crippen molar-refractivity contribution in [1.29, 1.82) is 0 Å². The first kappa shape index (κ1) is 15.8. The second kappa shape index (κ2) is 5.95. The number of carbonyl (C=O) groups excluding carboxylic acids is 1. The van der Waals surface area contributed by atoms with E-state index in [1.165, 1.54) is 13.8 Å². The number of carboxylic acids is 1. The highest BCUT2D eigenvalue weighted by Crippen LogP contribution is 2.11. The summed E-state index contributed by atoms with van der Waals surface area (Å²) in [5, 5.41) is 38.5. The predicted molar refractivity (Wildman–Crippen MR) is 58.1 cm³/mol. The van der Waals surface area contributed by atoms with Gasteiger partial charge in [0.25, 0.3) is 0 Å². The molecule has 1 unspecified atom stereocenters. The van der Waals surface area contributed by atoms with E-state index >= 15 is 0 Å². The molecule has 7 nitrogen and oxygen atoms in total. The highest BCUT2D eigenvalue weighted by molar-refractivity contribution is 5.89. The van der Waals surface area contributed by atoms with Crippen LogP contribution in [0.5, 0.6) is 0 Å². The summed E-state index contributed by atoms with van der Waals surface area (Å²) in [7, 11) is 0. The first-order valence-electron chi connectivity index (χ1n) is 5.18. The molecule has 7 heteroatoms. The van der Waals surface area contributed by atoms with Gasteiger partial charge in [-0.3, -0.25) is 4.79 Å². The number of carbonyl (C=O) groups is 2. The summed E-state index contributed by atoms with van der Waals surface area (Å²) < 4.78 is 0. The third kappa shape index (κ3) is 3.95. The van der Waals surface area contributed by atoms with Crippen molar-refractivity contribution in [1.82, 2.24) is 5.32 Å². The average molecular weight is 249 g/mol. The molecule has 17 heavy (non-hydrogen) atoms. The van der Waals surface area contributed by atoms with Crippen molar-refractivity contribution in [3.8, 4) is 0 Å². The quantitative estimate of drug-likeness (QED) is 0.382. The van der Waals surface area contributed by atoms with Crippen LogP contribution in [-0.4, -0.2) is 56.7 Å². The normalized spacial score (nSPS) is 19.9. The summed E-state index contributed by atoms with van der Waals surface area (Å²) in [6.45, 7) is 3.17. The minimum Gasteiger partial charge on any atom is -0.479 e. The Balaban J connectivity index is 4.69. The van der Waals surface area contributed by atoms with E-state index in [4.69, 9.17) is 10.2 Å². The smallest absolute Gasteiger partial charge is 0.331 e. The molecule has 5 N–H and O–H groups in total. The van der Waals surface area contributed by atoms with Gasteiger partial charge in [-0.2, -0.15) is 0 Å². The maximum absolute atomic E-state index is 11.5. The van der Waals surface area contributed by atoms with Crippen LogP contribution in [0.2, 0.25) is 0 Å². The van der Waals surface area contributed by atoms with Gasteiger partial charge in [0.15, 0.2) is 5.54 Å². The van der Waals surface area contributed by atoms with Crippen molar-refractivity contribution >= 4 is 11.9 Å². The molecule has 0 aliphatic rings. The van der Waals surface area contributed by atoms with Crippen molar-refractivity contribution in [3.05, 3.63) is 0 Å². The molecule has 0 aliphatic heterocycles. The topological polar surface area (TPSA) is 127 Å². The van der Waals surface area contributed by atoms with Gasteiger partial charge in [-0.1, -0.05) is 6.92 Å². The van der Waals surface area contributed by atoms with Crippen LogP contribution >= 0.6 is 0 Å².